The fraction of sp³-hybridized carbons (Fsp3) is 0.467. The molecule has 1 aliphatic rings. The van der Waals surface area contributed by atoms with Crippen molar-refractivity contribution in [3.05, 3.63) is 24.3 Å². The summed E-state index contributed by atoms with van der Waals surface area (Å²) in [4.78, 5) is 25.0. The van der Waals surface area contributed by atoms with Crippen LogP contribution in [0.5, 0.6) is 5.75 Å². The minimum absolute atomic E-state index is 0.0517. The van der Waals surface area contributed by atoms with Gasteiger partial charge in [-0.15, -0.1) is 0 Å². The molecule has 5 nitrogen and oxygen atoms in total. The number of nitrogens with zero attached hydrogens (tertiary/aromatic N) is 1. The summed E-state index contributed by atoms with van der Waals surface area (Å²) in [5.41, 5.74) is 0.197. The molecule has 21 heavy (non-hydrogen) atoms. The van der Waals surface area contributed by atoms with Crippen LogP contribution < -0.4 is 9.64 Å². The Morgan fingerprint density at radius 2 is 1.90 bits per heavy atom. The van der Waals surface area contributed by atoms with Crippen LogP contribution in [0.3, 0.4) is 0 Å². The number of ether oxygens (including phenoxy) is 2. The van der Waals surface area contributed by atoms with Crippen LogP contribution in [-0.2, 0) is 9.53 Å². The average molecular weight is 356 g/mol. The highest BCUT2D eigenvalue weighted by molar-refractivity contribution is 9.10. The van der Waals surface area contributed by atoms with E-state index in [1.165, 1.54) is 0 Å². The predicted molar refractivity (Wildman–Crippen MR) is 83.0 cm³/mol. The van der Waals surface area contributed by atoms with Crippen LogP contribution in [0, 0.1) is 0 Å². The summed E-state index contributed by atoms with van der Waals surface area (Å²) in [5, 5.41) is 0. The van der Waals surface area contributed by atoms with Crippen molar-refractivity contribution < 1.29 is 19.1 Å². The lowest BCUT2D eigenvalue weighted by Gasteiger charge is -2.19. The van der Waals surface area contributed by atoms with Gasteiger partial charge in [0.2, 0.25) is 5.91 Å². The first-order valence-corrected chi connectivity index (χ1v) is 7.64. The number of carbonyl (C=O) groups is 2. The molecule has 0 aliphatic carbocycles. The summed E-state index contributed by atoms with van der Waals surface area (Å²) >= 11 is 3.34. The molecule has 0 N–H and O–H groups in total. The lowest BCUT2D eigenvalue weighted by molar-refractivity contribution is -0.116. The summed E-state index contributed by atoms with van der Waals surface area (Å²) in [6, 6.07) is 6.80. The van der Waals surface area contributed by atoms with Gasteiger partial charge in [0.1, 0.15) is 11.4 Å². The standard InChI is InChI=1S/C15H18BrNO4/c1-15(2,3)21-14(19)20-11-6-4-10(5-7-11)17-9-8-12(16)13(17)18/h4-7,12H,8-9H2,1-3H3. The number of carbonyl (C=O) groups excluding carboxylic acids is 2. The molecule has 1 aliphatic heterocycles. The van der Waals surface area contributed by atoms with Crippen LogP contribution >= 0.6 is 15.9 Å². The second-order valence-corrected chi connectivity index (χ2v) is 6.91. The number of halogens is 1. The molecule has 1 aromatic carbocycles. The molecule has 114 valence electrons. The normalized spacial score (nSPS) is 18.8. The van der Waals surface area contributed by atoms with Gasteiger partial charge < -0.3 is 14.4 Å². The van der Waals surface area contributed by atoms with Crippen LogP contribution in [0.15, 0.2) is 24.3 Å². The molecule has 0 saturated carbocycles. The number of rotatable bonds is 2. The first-order valence-electron chi connectivity index (χ1n) is 6.72. The van der Waals surface area contributed by atoms with E-state index in [4.69, 9.17) is 9.47 Å². The number of anilines is 1. The Kier molecular flexibility index (Phi) is 4.56. The Morgan fingerprint density at radius 3 is 2.38 bits per heavy atom. The van der Waals surface area contributed by atoms with E-state index in [-0.39, 0.29) is 10.7 Å². The largest absolute Gasteiger partial charge is 0.514 e. The molecule has 2 rings (SSSR count). The van der Waals surface area contributed by atoms with E-state index in [0.717, 1.165) is 12.1 Å². The zero-order valence-corrected chi connectivity index (χ0v) is 13.8. The molecule has 1 heterocycles. The van der Waals surface area contributed by atoms with Crippen molar-refractivity contribution in [3.8, 4) is 5.75 Å². The van der Waals surface area contributed by atoms with Gasteiger partial charge in [-0.1, -0.05) is 15.9 Å². The molecular weight excluding hydrogens is 338 g/mol. The average Bonchev–Trinajstić information content (AvgIpc) is 2.69. The highest BCUT2D eigenvalue weighted by Gasteiger charge is 2.30. The van der Waals surface area contributed by atoms with Gasteiger partial charge in [-0.25, -0.2) is 4.79 Å². The van der Waals surface area contributed by atoms with Gasteiger partial charge in [-0.3, -0.25) is 4.79 Å². The van der Waals surface area contributed by atoms with Crippen molar-refractivity contribution in [3.63, 3.8) is 0 Å². The summed E-state index contributed by atoms with van der Waals surface area (Å²) in [7, 11) is 0. The Hall–Kier alpha value is -1.56. The van der Waals surface area contributed by atoms with Crippen molar-refractivity contribution in [2.24, 2.45) is 0 Å². The van der Waals surface area contributed by atoms with Crippen molar-refractivity contribution in [1.82, 2.24) is 0 Å². The Balaban J connectivity index is 2.00. The van der Waals surface area contributed by atoms with Gasteiger partial charge in [-0.05, 0) is 51.5 Å². The van der Waals surface area contributed by atoms with Crippen LogP contribution in [0.25, 0.3) is 0 Å². The minimum atomic E-state index is -0.743. The van der Waals surface area contributed by atoms with E-state index in [1.54, 1.807) is 49.9 Å². The van der Waals surface area contributed by atoms with E-state index in [9.17, 15) is 9.59 Å². The SMILES string of the molecule is CC(C)(C)OC(=O)Oc1ccc(N2CCC(Br)C2=O)cc1. The van der Waals surface area contributed by atoms with Crippen LogP contribution in [0.2, 0.25) is 0 Å². The van der Waals surface area contributed by atoms with E-state index in [0.29, 0.717) is 12.3 Å². The number of alkyl halides is 1. The van der Waals surface area contributed by atoms with Gasteiger partial charge in [0.05, 0.1) is 4.83 Å². The molecule has 0 radical (unpaired) electrons. The molecule has 1 fully saturated rings. The van der Waals surface area contributed by atoms with Gasteiger partial charge in [-0.2, -0.15) is 0 Å². The monoisotopic (exact) mass is 355 g/mol. The van der Waals surface area contributed by atoms with Crippen molar-refractivity contribution in [2.75, 3.05) is 11.4 Å². The second kappa shape index (κ2) is 6.05. The number of benzene rings is 1. The lowest BCUT2D eigenvalue weighted by atomic mass is 10.2. The maximum Gasteiger partial charge on any atom is 0.514 e. The molecule has 0 aromatic heterocycles. The third kappa shape index (κ3) is 4.20. The minimum Gasteiger partial charge on any atom is -0.428 e. The van der Waals surface area contributed by atoms with Crippen LogP contribution in [0.4, 0.5) is 10.5 Å². The maximum atomic E-state index is 11.9. The summed E-state index contributed by atoms with van der Waals surface area (Å²) in [6.07, 6.45) is 0.0441. The molecule has 0 spiro atoms. The first kappa shape index (κ1) is 15.8. The topological polar surface area (TPSA) is 55.8 Å². The van der Waals surface area contributed by atoms with Crippen molar-refractivity contribution >= 4 is 33.7 Å². The van der Waals surface area contributed by atoms with Crippen molar-refractivity contribution in [1.29, 1.82) is 0 Å². The maximum absolute atomic E-state index is 11.9. The summed E-state index contributed by atoms with van der Waals surface area (Å²) < 4.78 is 10.2. The van der Waals surface area contributed by atoms with E-state index >= 15 is 0 Å². The molecule has 1 amide bonds. The van der Waals surface area contributed by atoms with Crippen LogP contribution in [0.1, 0.15) is 27.2 Å². The van der Waals surface area contributed by atoms with E-state index < -0.39 is 11.8 Å². The summed E-state index contributed by atoms with van der Waals surface area (Å²) in [6.45, 7) is 5.99. The predicted octanol–water partition coefficient (Wildman–Crippen LogP) is 3.50. The molecule has 6 heteroatoms. The molecule has 1 unspecified atom stereocenters. The molecular formula is C15H18BrNO4. The lowest BCUT2D eigenvalue weighted by Crippen LogP contribution is -2.27. The van der Waals surface area contributed by atoms with Crippen LogP contribution in [-0.4, -0.2) is 29.0 Å². The third-order valence-electron chi connectivity index (χ3n) is 2.88. The number of hydrogen-bond donors (Lipinski definition) is 0. The fourth-order valence-corrected chi connectivity index (χ4v) is 2.41. The Labute approximate surface area is 132 Å². The smallest absolute Gasteiger partial charge is 0.428 e. The van der Waals surface area contributed by atoms with E-state index in [1.807, 2.05) is 0 Å². The van der Waals surface area contributed by atoms with Gasteiger partial charge in [0, 0.05) is 12.2 Å². The van der Waals surface area contributed by atoms with Gasteiger partial charge in [0.25, 0.3) is 0 Å². The molecule has 0 bridgehead atoms. The highest BCUT2D eigenvalue weighted by atomic mass is 79.9. The molecule has 1 saturated heterocycles. The number of hydrogen-bond acceptors (Lipinski definition) is 4. The Morgan fingerprint density at radius 1 is 1.29 bits per heavy atom. The molecule has 1 aromatic rings. The second-order valence-electron chi connectivity index (χ2n) is 5.81. The zero-order chi connectivity index (χ0) is 15.6. The highest BCUT2D eigenvalue weighted by Crippen LogP contribution is 2.27. The van der Waals surface area contributed by atoms with Crippen molar-refractivity contribution in [2.45, 2.75) is 37.6 Å². The van der Waals surface area contributed by atoms with Gasteiger partial charge in [0.15, 0.2) is 0 Å². The third-order valence-corrected chi connectivity index (χ3v) is 3.73. The first-order chi connectivity index (χ1) is 9.76. The molecule has 1 atom stereocenters. The quantitative estimate of drug-likeness (QED) is 0.462. The fourth-order valence-electron chi connectivity index (χ4n) is 1.96. The van der Waals surface area contributed by atoms with E-state index in [2.05, 4.69) is 15.9 Å². The number of amides is 1. The van der Waals surface area contributed by atoms with Gasteiger partial charge >= 0.3 is 6.16 Å². The zero-order valence-electron chi connectivity index (χ0n) is 12.3. The Bertz CT molecular complexity index is 536. The summed E-state index contributed by atoms with van der Waals surface area (Å²) in [5.74, 6) is 0.436.